The van der Waals surface area contributed by atoms with Crippen LogP contribution in [0.25, 0.3) is 17.1 Å². The summed E-state index contributed by atoms with van der Waals surface area (Å²) < 4.78 is 44.8. The molecule has 1 aliphatic carbocycles. The third-order valence-corrected chi connectivity index (χ3v) is 7.79. The van der Waals surface area contributed by atoms with E-state index in [1.807, 2.05) is 31.2 Å². The fourth-order valence-corrected chi connectivity index (χ4v) is 4.87. The Morgan fingerprint density at radius 2 is 1.82 bits per heavy atom. The molecule has 1 aromatic carbocycles. The fraction of sp³-hybridized carbons (Fsp3) is 0.471. The number of aromatic nitrogens is 4. The maximum Gasteiger partial charge on any atom is 0.268 e. The van der Waals surface area contributed by atoms with Crippen molar-refractivity contribution in [1.29, 1.82) is 0 Å². The van der Waals surface area contributed by atoms with Crippen molar-refractivity contribution in [3.8, 4) is 23.1 Å². The molecule has 0 bridgehead atoms. The van der Waals surface area contributed by atoms with Crippen LogP contribution in [0.15, 0.2) is 54.1 Å². The van der Waals surface area contributed by atoms with Crippen molar-refractivity contribution in [2.75, 3.05) is 39.7 Å². The maximum absolute atomic E-state index is 13.9. The van der Waals surface area contributed by atoms with E-state index in [1.54, 1.807) is 32.4 Å². The van der Waals surface area contributed by atoms with Gasteiger partial charge in [-0.1, -0.05) is 31.2 Å². The summed E-state index contributed by atoms with van der Waals surface area (Å²) in [7, 11) is 5.05. The second kappa shape index (κ2) is 15.2. The highest BCUT2D eigenvalue weighted by Crippen LogP contribution is 2.45. The van der Waals surface area contributed by atoms with Gasteiger partial charge in [0.1, 0.15) is 24.2 Å². The third kappa shape index (κ3) is 8.75. The molecule has 11 heteroatoms. The van der Waals surface area contributed by atoms with Gasteiger partial charge in [0.25, 0.3) is 5.92 Å². The van der Waals surface area contributed by atoms with Crippen LogP contribution in [0.3, 0.4) is 0 Å². The minimum atomic E-state index is -2.89. The Labute approximate surface area is 264 Å². The first-order chi connectivity index (χ1) is 21.6. The van der Waals surface area contributed by atoms with Crippen LogP contribution in [0, 0.1) is 0 Å². The lowest BCUT2D eigenvalue weighted by atomic mass is 10.0. The number of nitrogens with one attached hydrogen (secondary N) is 1. The number of nitrogens with zero attached hydrogens (tertiary/aromatic N) is 5. The van der Waals surface area contributed by atoms with Gasteiger partial charge in [0, 0.05) is 57.6 Å². The Bertz CT molecular complexity index is 1500. The lowest BCUT2D eigenvalue weighted by molar-refractivity contribution is 0.0622. The smallest absolute Gasteiger partial charge is 0.268 e. The van der Waals surface area contributed by atoms with Crippen molar-refractivity contribution < 1.29 is 23.0 Å². The number of hydrogen-bond acceptors (Lipinski definition) is 9. The zero-order valence-electron chi connectivity index (χ0n) is 27.3. The van der Waals surface area contributed by atoms with E-state index in [-0.39, 0.29) is 12.2 Å². The summed E-state index contributed by atoms with van der Waals surface area (Å²) in [5.74, 6) is -1.29. The number of methoxy groups -OCH3 is 2. The molecule has 3 aromatic rings. The first kappa shape index (κ1) is 33.8. The Morgan fingerprint density at radius 1 is 1.09 bits per heavy atom. The number of allylic oxidation sites excluding steroid dienone is 2. The monoisotopic (exact) mass is 622 g/mol. The molecule has 1 N–H and O–H groups in total. The molecule has 4 rings (SSSR count). The highest BCUT2D eigenvalue weighted by atomic mass is 19.3. The number of halogens is 2. The van der Waals surface area contributed by atoms with Crippen LogP contribution >= 0.6 is 0 Å². The van der Waals surface area contributed by atoms with Gasteiger partial charge in [0.2, 0.25) is 11.8 Å². The van der Waals surface area contributed by atoms with Crippen molar-refractivity contribution in [3.05, 3.63) is 71.0 Å². The molecule has 0 saturated heterocycles. The van der Waals surface area contributed by atoms with Crippen LogP contribution in [-0.4, -0.2) is 65.2 Å². The van der Waals surface area contributed by atoms with Crippen LogP contribution in [-0.2, 0) is 11.3 Å². The molecule has 9 nitrogen and oxygen atoms in total. The van der Waals surface area contributed by atoms with E-state index in [1.165, 1.54) is 19.5 Å². The van der Waals surface area contributed by atoms with Gasteiger partial charge in [-0.25, -0.2) is 23.7 Å². The summed E-state index contributed by atoms with van der Waals surface area (Å²) in [5.41, 5.74) is 6.06. The predicted molar refractivity (Wildman–Crippen MR) is 172 cm³/mol. The van der Waals surface area contributed by atoms with Gasteiger partial charge in [-0.05, 0) is 56.2 Å². The lowest BCUT2D eigenvalue weighted by Crippen LogP contribution is -2.18. The van der Waals surface area contributed by atoms with E-state index in [0.29, 0.717) is 47.9 Å². The zero-order chi connectivity index (χ0) is 32.6. The van der Waals surface area contributed by atoms with Gasteiger partial charge in [-0.15, -0.1) is 0 Å². The first-order valence-electron chi connectivity index (χ1n) is 15.3. The molecule has 0 spiro atoms. The van der Waals surface area contributed by atoms with Crippen LogP contribution in [0.1, 0.15) is 76.1 Å². The number of rotatable bonds is 16. The van der Waals surface area contributed by atoms with Crippen LogP contribution in [0.2, 0.25) is 0 Å². The molecule has 0 aliphatic heterocycles. The minimum absolute atomic E-state index is 0.00351. The van der Waals surface area contributed by atoms with E-state index >= 15 is 0 Å². The van der Waals surface area contributed by atoms with Crippen molar-refractivity contribution in [3.63, 3.8) is 0 Å². The van der Waals surface area contributed by atoms with Gasteiger partial charge in [-0.2, -0.15) is 4.98 Å². The molecule has 1 saturated carbocycles. The van der Waals surface area contributed by atoms with Crippen molar-refractivity contribution in [1.82, 2.24) is 24.8 Å². The highest BCUT2D eigenvalue weighted by molar-refractivity contribution is 5.69. The normalized spacial score (nSPS) is 14.2. The summed E-state index contributed by atoms with van der Waals surface area (Å²) in [6, 6.07) is 7.93. The van der Waals surface area contributed by atoms with Gasteiger partial charge in [0.05, 0.1) is 19.0 Å². The number of anilines is 1. The summed E-state index contributed by atoms with van der Waals surface area (Å²) in [4.78, 5) is 20.1. The van der Waals surface area contributed by atoms with Crippen molar-refractivity contribution in [2.24, 2.45) is 0 Å². The summed E-state index contributed by atoms with van der Waals surface area (Å²) in [6.45, 7) is 7.96. The Balaban J connectivity index is 1.60. The number of alkyl halides is 2. The van der Waals surface area contributed by atoms with Gasteiger partial charge >= 0.3 is 0 Å². The largest absolute Gasteiger partial charge is 0.480 e. The third-order valence-electron chi connectivity index (χ3n) is 7.79. The SMILES string of the molecule is CCC(C)=C(c1ccc(COc2nc(-c3c(OC)ncnc3C3CC3)ncc2NCCCOC)cc1)N(C)/C=C(\C)C(C)(F)F. The van der Waals surface area contributed by atoms with E-state index in [4.69, 9.17) is 19.2 Å². The zero-order valence-corrected chi connectivity index (χ0v) is 27.3. The molecule has 2 aromatic heterocycles. The molecule has 242 valence electrons. The topological polar surface area (TPSA) is 94.5 Å². The van der Waals surface area contributed by atoms with Crippen LogP contribution < -0.4 is 14.8 Å². The van der Waals surface area contributed by atoms with Crippen molar-refractivity contribution >= 4 is 11.4 Å². The maximum atomic E-state index is 13.9. The van der Waals surface area contributed by atoms with Crippen LogP contribution in [0.5, 0.6) is 11.8 Å². The van der Waals surface area contributed by atoms with E-state index in [0.717, 1.165) is 60.7 Å². The number of ether oxygens (including phenoxy) is 3. The minimum Gasteiger partial charge on any atom is -0.480 e. The molecule has 1 fully saturated rings. The van der Waals surface area contributed by atoms with Crippen LogP contribution in [0.4, 0.5) is 14.5 Å². The standard InChI is InChI=1S/C34H44F2N6O3/c1-8-22(2)30(42(5)19-23(3)34(4,35)36)26-12-10-24(11-13-26)20-45-32-27(37-16-9-17-43-6)18-38-31(41-32)28-29(25-14-15-25)39-21-40-33(28)44-7/h10-13,18-19,21,25,37H,8-9,14-17,20H2,1-7H3/b23-19+,30-22?. The van der Waals surface area contributed by atoms with Gasteiger partial charge < -0.3 is 24.4 Å². The molecule has 0 atom stereocenters. The summed E-state index contributed by atoms with van der Waals surface area (Å²) in [5, 5.41) is 3.36. The Hall–Kier alpha value is -4.12. The molecule has 0 radical (unpaired) electrons. The van der Waals surface area contributed by atoms with Crippen molar-refractivity contribution in [2.45, 2.75) is 71.8 Å². The van der Waals surface area contributed by atoms with Gasteiger partial charge in [-0.3, -0.25) is 0 Å². The van der Waals surface area contributed by atoms with Gasteiger partial charge in [0.15, 0.2) is 5.82 Å². The van der Waals surface area contributed by atoms with E-state index in [9.17, 15) is 8.78 Å². The fourth-order valence-electron chi connectivity index (χ4n) is 4.87. The molecule has 45 heavy (non-hydrogen) atoms. The van der Waals surface area contributed by atoms with E-state index in [2.05, 4.69) is 27.2 Å². The highest BCUT2D eigenvalue weighted by Gasteiger charge is 2.31. The quantitative estimate of drug-likeness (QED) is 0.163. The first-order valence-corrected chi connectivity index (χ1v) is 15.3. The summed E-state index contributed by atoms with van der Waals surface area (Å²) in [6.07, 6.45) is 8.42. The number of benzene rings is 1. The second-order valence-electron chi connectivity index (χ2n) is 11.4. The molecule has 0 amide bonds. The predicted octanol–water partition coefficient (Wildman–Crippen LogP) is 7.48. The molecular weight excluding hydrogens is 578 g/mol. The molecule has 1 aliphatic rings. The average molecular weight is 623 g/mol. The Kier molecular flexibility index (Phi) is 11.4. The molecular formula is C34H44F2N6O3. The van der Waals surface area contributed by atoms with E-state index < -0.39 is 5.92 Å². The second-order valence-corrected chi connectivity index (χ2v) is 11.4. The molecule has 0 unspecified atom stereocenters. The Morgan fingerprint density at radius 3 is 2.44 bits per heavy atom. The number of hydrogen-bond donors (Lipinski definition) is 1. The summed E-state index contributed by atoms with van der Waals surface area (Å²) >= 11 is 0. The average Bonchev–Trinajstić information content (AvgIpc) is 3.88. The molecule has 2 heterocycles. The lowest BCUT2D eigenvalue weighted by Gasteiger charge is -2.24.